The molecule has 0 aliphatic heterocycles. The van der Waals surface area contributed by atoms with E-state index in [1.54, 1.807) is 6.07 Å². The predicted octanol–water partition coefficient (Wildman–Crippen LogP) is 2.32. The Labute approximate surface area is 185 Å². The topological polar surface area (TPSA) is 147 Å². The first-order chi connectivity index (χ1) is 15.3. The third-order valence-electron chi connectivity index (χ3n) is 3.49. The molecule has 3 aromatic rings. The van der Waals surface area contributed by atoms with Gasteiger partial charge in [-0.3, -0.25) is 14.6 Å². The SMILES string of the molecule is [2H]C([2H])([2H])C([2H])(C)c1nc(Oc2c(Br)cc(-n3nc(C#N)c(=O)[nH]c3=O)cc2Br)c[nH]c1=O. The van der Waals surface area contributed by atoms with Crippen molar-refractivity contribution in [1.29, 1.82) is 5.26 Å². The molecule has 3 rings (SSSR count). The number of nitrogens with one attached hydrogen (secondary N) is 2. The molecule has 29 heavy (non-hydrogen) atoms. The van der Waals surface area contributed by atoms with Gasteiger partial charge in [-0.1, -0.05) is 13.8 Å². The number of nitrogens with zero attached hydrogens (tertiary/aromatic N) is 4. The number of ether oxygens (including phenoxy) is 1. The molecule has 0 aliphatic rings. The molecule has 0 bridgehead atoms. The van der Waals surface area contributed by atoms with Crippen LogP contribution in [0.1, 0.15) is 36.5 Å². The zero-order valence-electron chi connectivity index (χ0n) is 18.4. The molecule has 2 N–H and O–H groups in total. The lowest BCUT2D eigenvalue weighted by atomic mass is 10.1. The molecular formula is C17H12Br2N6O4. The van der Waals surface area contributed by atoms with Crippen LogP contribution in [0.15, 0.2) is 41.7 Å². The third-order valence-corrected chi connectivity index (χ3v) is 4.67. The summed E-state index contributed by atoms with van der Waals surface area (Å²) in [7, 11) is 0. The van der Waals surface area contributed by atoms with Gasteiger partial charge in [-0.25, -0.2) is 9.78 Å². The monoisotopic (exact) mass is 526 g/mol. The fraction of sp³-hybridized carbons (Fsp3) is 0.176. The van der Waals surface area contributed by atoms with Gasteiger partial charge in [0.1, 0.15) is 11.8 Å². The lowest BCUT2D eigenvalue weighted by Crippen LogP contribution is -2.33. The van der Waals surface area contributed by atoms with Crippen molar-refractivity contribution >= 4 is 31.9 Å². The summed E-state index contributed by atoms with van der Waals surface area (Å²) >= 11 is 6.54. The largest absolute Gasteiger partial charge is 0.435 e. The van der Waals surface area contributed by atoms with Gasteiger partial charge < -0.3 is 9.72 Å². The molecule has 12 heteroatoms. The molecule has 1 unspecified atom stereocenters. The summed E-state index contributed by atoms with van der Waals surface area (Å²) in [6.07, 6.45) is 1.10. The molecule has 0 aliphatic carbocycles. The number of hydrogen-bond acceptors (Lipinski definition) is 7. The van der Waals surface area contributed by atoms with Crippen molar-refractivity contribution < 1.29 is 10.2 Å². The summed E-state index contributed by atoms with van der Waals surface area (Å²) in [5.74, 6) is -2.37. The van der Waals surface area contributed by atoms with E-state index in [2.05, 4.69) is 46.9 Å². The van der Waals surface area contributed by atoms with Gasteiger partial charge in [0, 0.05) is 11.4 Å². The molecular weight excluding hydrogens is 512 g/mol. The fourth-order valence-electron chi connectivity index (χ4n) is 2.21. The van der Waals surface area contributed by atoms with Crippen LogP contribution in [-0.2, 0) is 0 Å². The van der Waals surface area contributed by atoms with Crippen LogP contribution in [0.2, 0.25) is 0 Å². The van der Waals surface area contributed by atoms with Gasteiger partial charge in [-0.05, 0) is 44.0 Å². The lowest BCUT2D eigenvalue weighted by Gasteiger charge is -2.13. The predicted molar refractivity (Wildman–Crippen MR) is 110 cm³/mol. The summed E-state index contributed by atoms with van der Waals surface area (Å²) in [6.45, 7) is -1.78. The van der Waals surface area contributed by atoms with Crippen LogP contribution in [-0.4, -0.2) is 24.7 Å². The minimum absolute atomic E-state index is 0.128. The molecule has 1 aromatic carbocycles. The molecule has 10 nitrogen and oxygen atoms in total. The maximum Gasteiger partial charge on any atom is 0.349 e. The number of halogens is 2. The number of aromatic amines is 2. The smallest absolute Gasteiger partial charge is 0.349 e. The zero-order chi connectivity index (χ0) is 24.7. The van der Waals surface area contributed by atoms with Crippen LogP contribution >= 0.6 is 31.9 Å². The Hall–Kier alpha value is -3.04. The Balaban J connectivity index is 2.06. The van der Waals surface area contributed by atoms with E-state index in [4.69, 9.17) is 15.5 Å². The molecule has 0 amide bonds. The minimum Gasteiger partial charge on any atom is -0.435 e. The molecule has 0 saturated heterocycles. The van der Waals surface area contributed by atoms with Gasteiger partial charge >= 0.3 is 5.69 Å². The molecule has 2 aromatic heterocycles. The molecule has 0 fully saturated rings. The first kappa shape index (κ1) is 15.8. The molecule has 0 saturated carbocycles. The van der Waals surface area contributed by atoms with Crippen molar-refractivity contribution in [2.24, 2.45) is 0 Å². The highest BCUT2D eigenvalue weighted by molar-refractivity contribution is 9.11. The Morgan fingerprint density at radius 3 is 2.62 bits per heavy atom. The minimum atomic E-state index is -2.83. The zero-order valence-corrected chi connectivity index (χ0v) is 17.6. The fourth-order valence-corrected chi connectivity index (χ4v) is 3.54. The number of rotatable bonds is 4. The molecule has 1 atom stereocenters. The molecule has 0 radical (unpaired) electrons. The second-order valence-corrected chi connectivity index (χ2v) is 7.22. The normalized spacial score (nSPS) is 15.2. The summed E-state index contributed by atoms with van der Waals surface area (Å²) in [5, 5.41) is 12.7. The van der Waals surface area contributed by atoms with Crippen LogP contribution < -0.4 is 21.5 Å². The number of aromatic nitrogens is 5. The van der Waals surface area contributed by atoms with Crippen molar-refractivity contribution in [2.45, 2.75) is 19.7 Å². The van der Waals surface area contributed by atoms with E-state index in [0.717, 1.165) is 17.8 Å². The van der Waals surface area contributed by atoms with Gasteiger partial charge in [0.2, 0.25) is 11.6 Å². The maximum absolute atomic E-state index is 12.1. The van der Waals surface area contributed by atoms with Gasteiger partial charge in [-0.15, -0.1) is 5.10 Å². The van der Waals surface area contributed by atoms with Crippen molar-refractivity contribution in [2.75, 3.05) is 0 Å². The lowest BCUT2D eigenvalue weighted by molar-refractivity contribution is 0.449. The average Bonchev–Trinajstić information content (AvgIpc) is 2.71. The van der Waals surface area contributed by atoms with Crippen LogP contribution in [0.25, 0.3) is 5.69 Å². The standard InChI is InChI=1S/C17H12Br2N6O4/c1-7(2)13-16(27)21-6-12(22-13)29-14-9(18)3-8(4-10(14)19)25-17(28)23-15(26)11(5-20)24-25/h3-4,6-7H,1-2H3,(H,21,27)(H,23,26,28)/i1D3,7D. The van der Waals surface area contributed by atoms with Crippen molar-refractivity contribution in [1.82, 2.24) is 24.7 Å². The second kappa shape index (κ2) is 8.14. The van der Waals surface area contributed by atoms with Crippen LogP contribution in [0.4, 0.5) is 0 Å². The third kappa shape index (κ3) is 4.20. The molecule has 148 valence electrons. The van der Waals surface area contributed by atoms with Gasteiger partial charge in [-0.2, -0.15) is 9.94 Å². The van der Waals surface area contributed by atoms with Crippen LogP contribution in [0.5, 0.6) is 11.6 Å². The summed E-state index contributed by atoms with van der Waals surface area (Å²) in [4.78, 5) is 44.0. The van der Waals surface area contributed by atoms with Gasteiger partial charge in [0.25, 0.3) is 11.1 Å². The molecule has 2 heterocycles. The van der Waals surface area contributed by atoms with Crippen molar-refractivity contribution in [3.63, 3.8) is 0 Å². The first-order valence-corrected chi connectivity index (χ1v) is 9.26. The van der Waals surface area contributed by atoms with E-state index in [0.29, 0.717) is 0 Å². The molecule has 0 spiro atoms. The van der Waals surface area contributed by atoms with Gasteiger partial charge in [0.15, 0.2) is 5.75 Å². The van der Waals surface area contributed by atoms with E-state index < -0.39 is 40.9 Å². The van der Waals surface area contributed by atoms with Crippen LogP contribution in [0.3, 0.4) is 0 Å². The van der Waals surface area contributed by atoms with E-state index in [1.165, 1.54) is 12.1 Å². The maximum atomic E-state index is 12.1. The van der Waals surface area contributed by atoms with E-state index in [-0.39, 0.29) is 26.3 Å². The van der Waals surface area contributed by atoms with E-state index in [1.807, 2.05) is 4.98 Å². The number of benzene rings is 1. The van der Waals surface area contributed by atoms with Crippen molar-refractivity contribution in [3.8, 4) is 23.4 Å². The summed E-state index contributed by atoms with van der Waals surface area (Å²) in [5.41, 5.74) is -3.55. The Kier molecular flexibility index (Phi) is 4.44. The second-order valence-electron chi connectivity index (χ2n) is 5.51. The highest BCUT2D eigenvalue weighted by Gasteiger charge is 2.16. The summed E-state index contributed by atoms with van der Waals surface area (Å²) in [6, 6.07) is 4.38. The number of nitriles is 1. The van der Waals surface area contributed by atoms with E-state index >= 15 is 0 Å². The Morgan fingerprint density at radius 1 is 1.31 bits per heavy atom. The first-order valence-electron chi connectivity index (χ1n) is 9.67. The average molecular weight is 528 g/mol. The van der Waals surface area contributed by atoms with E-state index in [9.17, 15) is 14.4 Å². The van der Waals surface area contributed by atoms with Gasteiger partial charge in [0.05, 0.1) is 20.8 Å². The summed E-state index contributed by atoms with van der Waals surface area (Å²) < 4.78 is 37.7. The number of H-pyrrole nitrogens is 2. The van der Waals surface area contributed by atoms with Crippen molar-refractivity contribution in [3.05, 3.63) is 69.9 Å². The quantitative estimate of drug-likeness (QED) is 0.529. The Bertz CT molecular complexity index is 1450. The van der Waals surface area contributed by atoms with Crippen LogP contribution in [0, 0.1) is 11.3 Å². The number of hydrogen-bond donors (Lipinski definition) is 2. The Morgan fingerprint density at radius 2 is 2.00 bits per heavy atom. The highest BCUT2D eigenvalue weighted by Crippen LogP contribution is 2.37. The highest BCUT2D eigenvalue weighted by atomic mass is 79.9.